The Labute approximate surface area is 123 Å². The van der Waals surface area contributed by atoms with E-state index in [1.54, 1.807) is 12.1 Å². The summed E-state index contributed by atoms with van der Waals surface area (Å²) in [5.41, 5.74) is 2.02. The van der Waals surface area contributed by atoms with Crippen LogP contribution in [0.1, 0.15) is 30.5 Å². The number of hydrogen-bond donors (Lipinski definition) is 1. The van der Waals surface area contributed by atoms with E-state index in [4.69, 9.17) is 9.47 Å². The Morgan fingerprint density at radius 3 is 2.86 bits per heavy atom. The summed E-state index contributed by atoms with van der Waals surface area (Å²) in [6, 6.07) is 12.7. The molecule has 1 heterocycles. The molecule has 2 aromatic carbocycles. The van der Waals surface area contributed by atoms with Gasteiger partial charge in [-0.05, 0) is 30.2 Å². The van der Waals surface area contributed by atoms with Crippen molar-refractivity contribution in [3.8, 4) is 11.5 Å². The second-order valence-electron chi connectivity index (χ2n) is 5.05. The van der Waals surface area contributed by atoms with Crippen LogP contribution in [-0.2, 0) is 6.54 Å². The van der Waals surface area contributed by atoms with Crippen LogP contribution in [0, 0.1) is 5.82 Å². The molecule has 1 aliphatic heterocycles. The van der Waals surface area contributed by atoms with E-state index in [2.05, 4.69) is 12.2 Å². The molecule has 0 spiro atoms. The van der Waals surface area contributed by atoms with Crippen molar-refractivity contribution in [1.82, 2.24) is 5.32 Å². The SMILES string of the molecule is CCC(NCc1cccc2c1OCO2)c1cccc(F)c1. The molecule has 2 aromatic rings. The first-order chi connectivity index (χ1) is 10.3. The van der Waals surface area contributed by atoms with Crippen LogP contribution in [0.4, 0.5) is 4.39 Å². The first-order valence-electron chi connectivity index (χ1n) is 7.14. The molecule has 1 atom stereocenters. The minimum atomic E-state index is -0.204. The van der Waals surface area contributed by atoms with Crippen molar-refractivity contribution in [2.24, 2.45) is 0 Å². The fourth-order valence-electron chi connectivity index (χ4n) is 2.58. The van der Waals surface area contributed by atoms with Crippen molar-refractivity contribution < 1.29 is 13.9 Å². The maximum atomic E-state index is 13.3. The molecular weight excluding hydrogens is 269 g/mol. The standard InChI is InChI=1S/C17H18FNO2/c1-2-15(12-5-3-7-14(18)9-12)19-10-13-6-4-8-16-17(13)21-11-20-16/h3-9,15,19H,2,10-11H2,1H3. The van der Waals surface area contributed by atoms with Gasteiger partial charge < -0.3 is 14.8 Å². The Morgan fingerprint density at radius 1 is 1.19 bits per heavy atom. The Balaban J connectivity index is 1.73. The van der Waals surface area contributed by atoms with Crippen LogP contribution in [-0.4, -0.2) is 6.79 Å². The highest BCUT2D eigenvalue weighted by molar-refractivity contribution is 5.48. The van der Waals surface area contributed by atoms with Crippen molar-refractivity contribution in [1.29, 1.82) is 0 Å². The Hall–Kier alpha value is -2.07. The zero-order valence-corrected chi connectivity index (χ0v) is 11.9. The largest absolute Gasteiger partial charge is 0.454 e. The lowest BCUT2D eigenvalue weighted by Gasteiger charge is -2.18. The first kappa shape index (κ1) is 13.9. The van der Waals surface area contributed by atoms with Gasteiger partial charge in [-0.25, -0.2) is 4.39 Å². The van der Waals surface area contributed by atoms with Crippen molar-refractivity contribution >= 4 is 0 Å². The van der Waals surface area contributed by atoms with Crippen LogP contribution in [0.15, 0.2) is 42.5 Å². The van der Waals surface area contributed by atoms with Gasteiger partial charge in [-0.3, -0.25) is 0 Å². The van der Waals surface area contributed by atoms with E-state index >= 15 is 0 Å². The number of benzene rings is 2. The van der Waals surface area contributed by atoms with Crippen molar-refractivity contribution in [2.45, 2.75) is 25.9 Å². The normalized spacial score (nSPS) is 14.2. The minimum absolute atomic E-state index is 0.110. The molecule has 3 rings (SSSR count). The summed E-state index contributed by atoms with van der Waals surface area (Å²) in [5.74, 6) is 1.39. The van der Waals surface area contributed by atoms with E-state index < -0.39 is 0 Å². The van der Waals surface area contributed by atoms with Gasteiger partial charge in [0.1, 0.15) is 5.82 Å². The number of fused-ring (bicyclic) bond motifs is 1. The van der Waals surface area contributed by atoms with Crippen LogP contribution >= 0.6 is 0 Å². The highest BCUT2D eigenvalue weighted by Gasteiger charge is 2.18. The fraction of sp³-hybridized carbons (Fsp3) is 0.294. The van der Waals surface area contributed by atoms with Crippen LogP contribution in [0.25, 0.3) is 0 Å². The monoisotopic (exact) mass is 287 g/mol. The van der Waals surface area contributed by atoms with Gasteiger partial charge in [0.25, 0.3) is 0 Å². The van der Waals surface area contributed by atoms with Gasteiger partial charge >= 0.3 is 0 Å². The average Bonchev–Trinajstić information content (AvgIpc) is 2.97. The lowest BCUT2D eigenvalue weighted by molar-refractivity contribution is 0.173. The molecule has 0 aromatic heterocycles. The molecule has 0 saturated carbocycles. The highest BCUT2D eigenvalue weighted by Crippen LogP contribution is 2.35. The quantitative estimate of drug-likeness (QED) is 0.907. The molecule has 1 unspecified atom stereocenters. The lowest BCUT2D eigenvalue weighted by Crippen LogP contribution is -2.20. The summed E-state index contributed by atoms with van der Waals surface area (Å²) >= 11 is 0. The maximum Gasteiger partial charge on any atom is 0.231 e. The number of para-hydroxylation sites is 1. The third kappa shape index (κ3) is 3.00. The molecule has 21 heavy (non-hydrogen) atoms. The van der Waals surface area contributed by atoms with E-state index in [1.165, 1.54) is 6.07 Å². The van der Waals surface area contributed by atoms with Crippen molar-refractivity contribution in [3.63, 3.8) is 0 Å². The molecule has 0 fully saturated rings. The van der Waals surface area contributed by atoms with Crippen LogP contribution in [0.3, 0.4) is 0 Å². The van der Waals surface area contributed by atoms with E-state index in [9.17, 15) is 4.39 Å². The van der Waals surface area contributed by atoms with Crippen LogP contribution in [0.5, 0.6) is 11.5 Å². The van der Waals surface area contributed by atoms with E-state index in [1.807, 2.05) is 24.3 Å². The molecule has 0 saturated heterocycles. The summed E-state index contributed by atoms with van der Waals surface area (Å²) in [6.45, 7) is 3.01. The summed E-state index contributed by atoms with van der Waals surface area (Å²) < 4.78 is 24.2. The summed E-state index contributed by atoms with van der Waals surface area (Å²) in [7, 11) is 0. The summed E-state index contributed by atoms with van der Waals surface area (Å²) in [6.07, 6.45) is 0.885. The Morgan fingerprint density at radius 2 is 2.05 bits per heavy atom. The van der Waals surface area contributed by atoms with Gasteiger partial charge in [0, 0.05) is 18.2 Å². The molecule has 1 aliphatic rings. The van der Waals surface area contributed by atoms with E-state index in [0.717, 1.165) is 29.0 Å². The summed E-state index contributed by atoms with van der Waals surface area (Å²) in [5, 5.41) is 3.46. The molecule has 3 nitrogen and oxygen atoms in total. The van der Waals surface area contributed by atoms with Crippen molar-refractivity contribution in [3.05, 3.63) is 59.4 Å². The number of rotatable bonds is 5. The predicted molar refractivity (Wildman–Crippen MR) is 78.8 cm³/mol. The average molecular weight is 287 g/mol. The van der Waals surface area contributed by atoms with Crippen LogP contribution < -0.4 is 14.8 Å². The molecule has 0 radical (unpaired) electrons. The lowest BCUT2D eigenvalue weighted by atomic mass is 10.0. The van der Waals surface area contributed by atoms with Gasteiger partial charge in [-0.15, -0.1) is 0 Å². The second-order valence-corrected chi connectivity index (χ2v) is 5.05. The van der Waals surface area contributed by atoms with Crippen molar-refractivity contribution in [2.75, 3.05) is 6.79 Å². The number of hydrogen-bond acceptors (Lipinski definition) is 3. The topological polar surface area (TPSA) is 30.5 Å². The molecular formula is C17H18FNO2. The summed E-state index contributed by atoms with van der Waals surface area (Å²) in [4.78, 5) is 0. The Kier molecular flexibility index (Phi) is 4.06. The molecule has 0 bridgehead atoms. The zero-order valence-electron chi connectivity index (χ0n) is 11.9. The molecule has 0 amide bonds. The van der Waals surface area contributed by atoms with Crippen LogP contribution in [0.2, 0.25) is 0 Å². The smallest absolute Gasteiger partial charge is 0.231 e. The van der Waals surface area contributed by atoms with E-state index in [-0.39, 0.29) is 18.7 Å². The fourth-order valence-corrected chi connectivity index (χ4v) is 2.58. The molecule has 1 N–H and O–H groups in total. The number of nitrogens with one attached hydrogen (secondary N) is 1. The van der Waals surface area contributed by atoms with Gasteiger partial charge in [0.2, 0.25) is 6.79 Å². The number of ether oxygens (including phenoxy) is 2. The van der Waals surface area contributed by atoms with Gasteiger partial charge in [0.15, 0.2) is 11.5 Å². The first-order valence-corrected chi connectivity index (χ1v) is 7.14. The predicted octanol–water partition coefficient (Wildman–Crippen LogP) is 3.80. The highest BCUT2D eigenvalue weighted by atomic mass is 19.1. The third-order valence-corrected chi connectivity index (χ3v) is 3.68. The number of halogens is 1. The molecule has 4 heteroatoms. The maximum absolute atomic E-state index is 13.3. The third-order valence-electron chi connectivity index (χ3n) is 3.68. The Bertz CT molecular complexity index is 630. The minimum Gasteiger partial charge on any atom is -0.454 e. The van der Waals surface area contributed by atoms with Gasteiger partial charge in [-0.1, -0.05) is 31.2 Å². The zero-order chi connectivity index (χ0) is 14.7. The van der Waals surface area contributed by atoms with Gasteiger partial charge in [0.05, 0.1) is 0 Å². The molecule has 0 aliphatic carbocycles. The van der Waals surface area contributed by atoms with Gasteiger partial charge in [-0.2, -0.15) is 0 Å². The van der Waals surface area contributed by atoms with E-state index in [0.29, 0.717) is 6.54 Å². The molecule has 110 valence electrons. The second kappa shape index (κ2) is 6.14.